The number of hydrogen-bond acceptors (Lipinski definition) is 7. The predicted molar refractivity (Wildman–Crippen MR) is 162 cm³/mol. The zero-order valence-corrected chi connectivity index (χ0v) is 27.1. The van der Waals surface area contributed by atoms with Gasteiger partial charge in [-0.3, -0.25) is 9.36 Å². The Balaban J connectivity index is 4.51. The second-order valence-electron chi connectivity index (χ2n) is 11.6. The number of carbonyl (C=O) groups excluding carboxylic acids is 1. The lowest BCUT2D eigenvalue weighted by molar-refractivity contribution is -0.870. The van der Waals surface area contributed by atoms with Gasteiger partial charge in [0.25, 0.3) is 7.82 Å². The number of quaternary nitrogens is 1. The maximum absolute atomic E-state index is 13.0. The average molecular weight is 590 g/mol. The number of phosphoric ester groups is 1. The first-order valence-corrected chi connectivity index (χ1v) is 17.0. The number of phosphoric acid groups is 1. The molecule has 0 aliphatic rings. The lowest BCUT2D eigenvalue weighted by Crippen LogP contribution is -2.42. The molecule has 1 N–H and O–H groups in total. The second kappa shape index (κ2) is 24.7. The summed E-state index contributed by atoms with van der Waals surface area (Å²) < 4.78 is 28.8. The zero-order valence-electron chi connectivity index (χ0n) is 26.2. The molecule has 0 aliphatic heterocycles. The Morgan fingerprint density at radius 2 is 1.43 bits per heavy atom. The summed E-state index contributed by atoms with van der Waals surface area (Å²) in [5.41, 5.74) is 0. The number of likely N-dealkylation sites (N-methyl/N-ethyl adjacent to an activating group) is 1. The van der Waals surface area contributed by atoms with E-state index in [0.29, 0.717) is 24.1 Å². The summed E-state index contributed by atoms with van der Waals surface area (Å²) in [6, 6.07) is 0. The summed E-state index contributed by atoms with van der Waals surface area (Å²) in [6.07, 6.45) is 21.4. The van der Waals surface area contributed by atoms with Crippen molar-refractivity contribution in [2.45, 2.75) is 122 Å². The van der Waals surface area contributed by atoms with Crippen LogP contribution in [0.15, 0.2) is 24.3 Å². The van der Waals surface area contributed by atoms with Crippen molar-refractivity contribution >= 4 is 13.6 Å². The topological polar surface area (TPSA) is 105 Å². The van der Waals surface area contributed by atoms with Crippen LogP contribution >= 0.6 is 7.82 Å². The normalized spacial score (nSPS) is 15.6. The fourth-order valence-corrected chi connectivity index (χ4v) is 4.90. The molecule has 0 saturated heterocycles. The SMILES string of the molecule is CCCCC/C=C\C/C=C\CCCCCCCC(=O)C(OCCCCC)[C@H](CO)OP(=O)([O-])OCC[N+](C)(C)C. The highest BCUT2D eigenvalue weighted by Gasteiger charge is 2.32. The minimum absolute atomic E-state index is 0.0512. The monoisotopic (exact) mass is 589 g/mol. The van der Waals surface area contributed by atoms with Gasteiger partial charge in [0.2, 0.25) is 0 Å². The van der Waals surface area contributed by atoms with E-state index in [-0.39, 0.29) is 18.8 Å². The van der Waals surface area contributed by atoms with Crippen LogP contribution in [0.3, 0.4) is 0 Å². The summed E-state index contributed by atoms with van der Waals surface area (Å²) in [6.45, 7) is 4.34. The van der Waals surface area contributed by atoms with Crippen molar-refractivity contribution in [2.24, 2.45) is 0 Å². The van der Waals surface area contributed by atoms with Gasteiger partial charge in [0.15, 0.2) is 5.78 Å². The van der Waals surface area contributed by atoms with E-state index in [9.17, 15) is 19.4 Å². The fraction of sp³-hybridized carbons (Fsp3) is 0.839. The summed E-state index contributed by atoms with van der Waals surface area (Å²) in [5, 5.41) is 9.88. The number of nitrogens with zero attached hydrogens (tertiary/aromatic N) is 1. The number of ketones is 1. The fourth-order valence-electron chi connectivity index (χ4n) is 4.03. The van der Waals surface area contributed by atoms with Crippen LogP contribution in [0.1, 0.15) is 110 Å². The molecule has 2 unspecified atom stereocenters. The standard InChI is InChI=1S/C31H60NO7P/c1-6-8-10-11-12-13-14-15-16-17-18-19-20-21-22-24-29(34)31(37-26-23-9-7-2)30(28-33)39-40(35,36)38-27-25-32(3,4)5/h12-13,15-16,30-31,33H,6-11,14,17-28H2,1-5H3/b13-12-,16-15-/t30-,31?/m0/s1. The van der Waals surface area contributed by atoms with Crippen LogP contribution in [0.4, 0.5) is 0 Å². The van der Waals surface area contributed by atoms with Crippen LogP contribution in [0.25, 0.3) is 0 Å². The van der Waals surface area contributed by atoms with E-state index in [1.807, 2.05) is 21.1 Å². The van der Waals surface area contributed by atoms with E-state index >= 15 is 0 Å². The molecule has 9 heteroatoms. The minimum Gasteiger partial charge on any atom is -0.756 e. The molecule has 40 heavy (non-hydrogen) atoms. The van der Waals surface area contributed by atoms with Gasteiger partial charge in [0.05, 0.1) is 27.7 Å². The van der Waals surface area contributed by atoms with E-state index in [4.69, 9.17) is 13.8 Å². The predicted octanol–water partition coefficient (Wildman–Crippen LogP) is 6.51. The van der Waals surface area contributed by atoms with Gasteiger partial charge >= 0.3 is 0 Å². The van der Waals surface area contributed by atoms with Crippen LogP contribution < -0.4 is 4.89 Å². The van der Waals surface area contributed by atoms with Crippen molar-refractivity contribution in [2.75, 3.05) is 47.5 Å². The number of hydrogen-bond donors (Lipinski definition) is 1. The third-order valence-electron chi connectivity index (χ3n) is 6.53. The summed E-state index contributed by atoms with van der Waals surface area (Å²) >= 11 is 0. The maximum atomic E-state index is 13.0. The van der Waals surface area contributed by atoms with Crippen LogP contribution in [0.2, 0.25) is 0 Å². The molecule has 0 aromatic rings. The first kappa shape index (κ1) is 39.1. The Bertz CT molecular complexity index is 721. The van der Waals surface area contributed by atoms with Crippen molar-refractivity contribution in [3.8, 4) is 0 Å². The number of carbonyl (C=O) groups is 1. The number of Topliss-reactive ketones (excluding diaryl/α,β-unsaturated/α-hetero) is 1. The number of aliphatic hydroxyl groups excluding tert-OH is 1. The van der Waals surface area contributed by atoms with Crippen molar-refractivity contribution < 1.29 is 37.6 Å². The van der Waals surface area contributed by atoms with Gasteiger partial charge in [-0.25, -0.2) is 0 Å². The van der Waals surface area contributed by atoms with E-state index in [1.54, 1.807) is 0 Å². The molecule has 3 atom stereocenters. The molecule has 0 aromatic carbocycles. The smallest absolute Gasteiger partial charge is 0.268 e. The molecule has 0 heterocycles. The molecule has 0 aromatic heterocycles. The lowest BCUT2D eigenvalue weighted by Gasteiger charge is -2.32. The largest absolute Gasteiger partial charge is 0.756 e. The van der Waals surface area contributed by atoms with Gasteiger partial charge in [0.1, 0.15) is 25.4 Å². The second-order valence-corrected chi connectivity index (χ2v) is 12.9. The van der Waals surface area contributed by atoms with Crippen molar-refractivity contribution in [3.05, 3.63) is 24.3 Å². The Morgan fingerprint density at radius 3 is 2.02 bits per heavy atom. The molecule has 0 saturated carbocycles. The van der Waals surface area contributed by atoms with Gasteiger partial charge in [-0.05, 0) is 44.9 Å². The number of rotatable bonds is 28. The first-order chi connectivity index (χ1) is 19.1. The molecule has 0 spiro atoms. The number of allylic oxidation sites excluding steroid dienone is 4. The highest BCUT2D eigenvalue weighted by molar-refractivity contribution is 7.45. The summed E-state index contributed by atoms with van der Waals surface area (Å²) in [4.78, 5) is 25.4. The van der Waals surface area contributed by atoms with Crippen LogP contribution in [-0.2, 0) is 23.1 Å². The van der Waals surface area contributed by atoms with Crippen molar-refractivity contribution in [3.63, 3.8) is 0 Å². The highest BCUT2D eigenvalue weighted by Crippen LogP contribution is 2.40. The third kappa shape index (κ3) is 23.8. The molecule has 236 valence electrons. The van der Waals surface area contributed by atoms with Crippen LogP contribution in [0, 0.1) is 0 Å². The highest BCUT2D eigenvalue weighted by atomic mass is 31.2. The molecule has 0 bridgehead atoms. The van der Waals surface area contributed by atoms with Gasteiger partial charge in [-0.1, -0.05) is 83.1 Å². The first-order valence-electron chi connectivity index (χ1n) is 15.6. The van der Waals surface area contributed by atoms with Crippen molar-refractivity contribution in [1.29, 1.82) is 0 Å². The summed E-state index contributed by atoms with van der Waals surface area (Å²) in [5.74, 6) is -0.243. The Kier molecular flexibility index (Phi) is 24.2. The van der Waals surface area contributed by atoms with Gasteiger partial charge in [-0.2, -0.15) is 0 Å². The Labute approximate surface area is 245 Å². The Morgan fingerprint density at radius 1 is 0.850 bits per heavy atom. The van der Waals surface area contributed by atoms with E-state index in [0.717, 1.165) is 57.8 Å². The van der Waals surface area contributed by atoms with Gasteiger partial charge in [0, 0.05) is 13.0 Å². The molecular formula is C31H60NO7P. The molecule has 0 radical (unpaired) electrons. The molecule has 0 fully saturated rings. The zero-order chi connectivity index (χ0) is 30.1. The summed E-state index contributed by atoms with van der Waals surface area (Å²) in [7, 11) is 1.04. The number of aliphatic hydroxyl groups is 1. The van der Waals surface area contributed by atoms with Gasteiger partial charge in [-0.15, -0.1) is 0 Å². The average Bonchev–Trinajstić information content (AvgIpc) is 2.88. The maximum Gasteiger partial charge on any atom is 0.268 e. The lowest BCUT2D eigenvalue weighted by atomic mass is 10.0. The minimum atomic E-state index is -4.71. The van der Waals surface area contributed by atoms with E-state index in [1.165, 1.54) is 25.7 Å². The Hall–Kier alpha value is -0.860. The van der Waals surface area contributed by atoms with Crippen LogP contribution in [-0.4, -0.2) is 75.1 Å². The molecule has 8 nitrogen and oxygen atoms in total. The molecular weight excluding hydrogens is 529 g/mol. The quantitative estimate of drug-likeness (QED) is 0.0480. The van der Waals surface area contributed by atoms with Crippen LogP contribution in [0.5, 0.6) is 0 Å². The van der Waals surface area contributed by atoms with E-state index in [2.05, 4.69) is 38.2 Å². The van der Waals surface area contributed by atoms with Gasteiger partial charge < -0.3 is 28.3 Å². The number of ether oxygens (including phenoxy) is 1. The van der Waals surface area contributed by atoms with E-state index < -0.39 is 26.6 Å². The molecule has 0 rings (SSSR count). The third-order valence-corrected chi connectivity index (χ3v) is 7.56. The number of unbranched alkanes of at least 4 members (excludes halogenated alkanes) is 10. The van der Waals surface area contributed by atoms with Crippen molar-refractivity contribution in [1.82, 2.24) is 0 Å². The molecule has 0 aliphatic carbocycles. The molecule has 0 amide bonds.